The van der Waals surface area contributed by atoms with Crippen LogP contribution in [-0.4, -0.2) is 88.6 Å². The van der Waals surface area contributed by atoms with Crippen LogP contribution in [0.4, 0.5) is 4.79 Å². The van der Waals surface area contributed by atoms with E-state index in [4.69, 9.17) is 0 Å². The molecule has 0 bridgehead atoms. The number of hydrogen-bond acceptors (Lipinski definition) is 5. The van der Waals surface area contributed by atoms with Gasteiger partial charge in [-0.1, -0.05) is 0 Å². The molecule has 4 amide bonds. The summed E-state index contributed by atoms with van der Waals surface area (Å²) < 4.78 is 0. The molecule has 2 saturated heterocycles. The summed E-state index contributed by atoms with van der Waals surface area (Å²) in [6.45, 7) is 8.83. The van der Waals surface area contributed by atoms with Crippen LogP contribution in [0.15, 0.2) is 0 Å². The maximum absolute atomic E-state index is 12.2. The standard InChI is InChI=1S/C16H28N4O4/c1-12(21)11-18-7-9-19(10-8-18)13(22)5-4-6-20-14(23)16(2,3)17-15(20)24/h12,21H,4-11H2,1-3H3,(H,17,24)/t12-/m1/s1. The van der Waals surface area contributed by atoms with Gasteiger partial charge in [-0.05, 0) is 27.2 Å². The molecule has 0 saturated carbocycles. The molecule has 24 heavy (non-hydrogen) atoms. The highest BCUT2D eigenvalue weighted by molar-refractivity contribution is 6.06. The van der Waals surface area contributed by atoms with Crippen LogP contribution in [0.2, 0.25) is 0 Å². The number of aliphatic hydroxyl groups excluding tert-OH is 1. The third-order valence-electron chi connectivity index (χ3n) is 4.46. The molecule has 0 aromatic rings. The summed E-state index contributed by atoms with van der Waals surface area (Å²) in [6.07, 6.45) is 0.441. The molecule has 136 valence electrons. The van der Waals surface area contributed by atoms with Crippen LogP contribution in [0.1, 0.15) is 33.6 Å². The number of carbonyl (C=O) groups excluding carboxylic acids is 3. The number of aliphatic hydroxyl groups is 1. The van der Waals surface area contributed by atoms with Crippen LogP contribution in [0.5, 0.6) is 0 Å². The molecule has 2 fully saturated rings. The zero-order valence-electron chi connectivity index (χ0n) is 14.7. The highest BCUT2D eigenvalue weighted by atomic mass is 16.3. The van der Waals surface area contributed by atoms with Crippen molar-refractivity contribution in [3.05, 3.63) is 0 Å². The Kier molecular flexibility index (Phi) is 5.82. The quantitative estimate of drug-likeness (QED) is 0.643. The first-order chi connectivity index (χ1) is 11.2. The molecule has 0 spiro atoms. The number of rotatable bonds is 6. The second kappa shape index (κ2) is 7.48. The Hall–Kier alpha value is -1.67. The van der Waals surface area contributed by atoms with Crippen molar-refractivity contribution in [2.24, 2.45) is 0 Å². The number of urea groups is 1. The minimum absolute atomic E-state index is 0.0537. The van der Waals surface area contributed by atoms with Crippen LogP contribution in [0, 0.1) is 0 Å². The molecular formula is C16H28N4O4. The fourth-order valence-electron chi connectivity index (χ4n) is 3.12. The van der Waals surface area contributed by atoms with Crippen molar-refractivity contribution in [1.82, 2.24) is 20.0 Å². The van der Waals surface area contributed by atoms with E-state index in [1.807, 2.05) is 4.90 Å². The van der Waals surface area contributed by atoms with Gasteiger partial charge in [-0.15, -0.1) is 0 Å². The first kappa shape index (κ1) is 18.7. The highest BCUT2D eigenvalue weighted by Crippen LogP contribution is 2.17. The zero-order valence-corrected chi connectivity index (χ0v) is 14.7. The van der Waals surface area contributed by atoms with Gasteiger partial charge in [0.25, 0.3) is 5.91 Å². The average molecular weight is 340 g/mol. The lowest BCUT2D eigenvalue weighted by molar-refractivity contribution is -0.134. The number of nitrogens with zero attached hydrogens (tertiary/aromatic N) is 3. The van der Waals surface area contributed by atoms with Gasteiger partial charge < -0.3 is 15.3 Å². The Morgan fingerprint density at radius 2 is 1.88 bits per heavy atom. The normalized spacial score (nSPS) is 22.7. The van der Waals surface area contributed by atoms with Crippen molar-refractivity contribution < 1.29 is 19.5 Å². The largest absolute Gasteiger partial charge is 0.392 e. The molecule has 2 aliphatic rings. The van der Waals surface area contributed by atoms with E-state index in [-0.39, 0.29) is 30.5 Å². The fraction of sp³-hybridized carbons (Fsp3) is 0.812. The van der Waals surface area contributed by atoms with Crippen LogP contribution >= 0.6 is 0 Å². The summed E-state index contributed by atoms with van der Waals surface area (Å²) in [4.78, 5) is 41.2. The van der Waals surface area contributed by atoms with Crippen LogP contribution < -0.4 is 5.32 Å². The molecule has 0 aromatic carbocycles. The number of β-amino-alcohol motifs (C(OH)–C–C–N with tert-alkyl or cyclic N) is 1. The third-order valence-corrected chi connectivity index (χ3v) is 4.46. The Morgan fingerprint density at radius 3 is 2.38 bits per heavy atom. The summed E-state index contributed by atoms with van der Waals surface area (Å²) in [5, 5.41) is 12.0. The minimum Gasteiger partial charge on any atom is -0.392 e. The van der Waals surface area contributed by atoms with Crippen LogP contribution in [0.25, 0.3) is 0 Å². The topological polar surface area (TPSA) is 93.2 Å². The van der Waals surface area contributed by atoms with Gasteiger partial charge >= 0.3 is 6.03 Å². The van der Waals surface area contributed by atoms with Crippen molar-refractivity contribution in [3.63, 3.8) is 0 Å². The van der Waals surface area contributed by atoms with Gasteiger partial charge in [0, 0.05) is 45.7 Å². The average Bonchev–Trinajstić information content (AvgIpc) is 2.68. The first-order valence-corrected chi connectivity index (χ1v) is 8.53. The van der Waals surface area contributed by atoms with Gasteiger partial charge in [0.15, 0.2) is 0 Å². The van der Waals surface area contributed by atoms with Crippen molar-refractivity contribution in [2.45, 2.75) is 45.3 Å². The van der Waals surface area contributed by atoms with E-state index in [0.29, 0.717) is 32.5 Å². The molecule has 0 radical (unpaired) electrons. The maximum Gasteiger partial charge on any atom is 0.325 e. The van der Waals surface area contributed by atoms with Crippen molar-refractivity contribution in [1.29, 1.82) is 0 Å². The predicted molar refractivity (Wildman–Crippen MR) is 88.3 cm³/mol. The van der Waals surface area contributed by atoms with Gasteiger partial charge in [0.1, 0.15) is 5.54 Å². The van der Waals surface area contributed by atoms with Crippen molar-refractivity contribution in [2.75, 3.05) is 39.3 Å². The lowest BCUT2D eigenvalue weighted by Crippen LogP contribution is -2.50. The molecule has 8 nitrogen and oxygen atoms in total. The molecule has 0 aliphatic carbocycles. The van der Waals surface area contributed by atoms with E-state index >= 15 is 0 Å². The summed E-state index contributed by atoms with van der Waals surface area (Å²) >= 11 is 0. The lowest BCUT2D eigenvalue weighted by atomic mass is 10.1. The van der Waals surface area contributed by atoms with E-state index in [9.17, 15) is 19.5 Å². The highest BCUT2D eigenvalue weighted by Gasteiger charge is 2.43. The molecule has 1 atom stereocenters. The van der Waals surface area contributed by atoms with E-state index < -0.39 is 5.54 Å². The van der Waals surface area contributed by atoms with E-state index in [1.165, 1.54) is 4.90 Å². The van der Waals surface area contributed by atoms with Crippen LogP contribution in [-0.2, 0) is 9.59 Å². The maximum atomic E-state index is 12.2. The Bertz CT molecular complexity index is 498. The number of imide groups is 1. The summed E-state index contributed by atoms with van der Waals surface area (Å²) in [5.41, 5.74) is -0.860. The summed E-state index contributed by atoms with van der Waals surface area (Å²) in [6, 6.07) is -0.385. The van der Waals surface area contributed by atoms with Gasteiger partial charge in [0.05, 0.1) is 6.10 Å². The number of hydrogen-bond donors (Lipinski definition) is 2. The molecule has 2 heterocycles. The first-order valence-electron chi connectivity index (χ1n) is 8.53. The molecule has 2 rings (SSSR count). The second-order valence-electron chi connectivity index (χ2n) is 7.15. The summed E-state index contributed by atoms with van der Waals surface area (Å²) in [7, 11) is 0. The van der Waals surface area contributed by atoms with E-state index in [2.05, 4.69) is 10.2 Å². The monoisotopic (exact) mass is 340 g/mol. The second-order valence-corrected chi connectivity index (χ2v) is 7.15. The van der Waals surface area contributed by atoms with E-state index in [0.717, 1.165) is 13.1 Å². The number of piperazine rings is 1. The SMILES string of the molecule is C[C@@H](O)CN1CCN(C(=O)CCCN2C(=O)NC(C)(C)C2=O)CC1. The molecule has 2 N–H and O–H groups in total. The van der Waals surface area contributed by atoms with Crippen molar-refractivity contribution in [3.8, 4) is 0 Å². The number of amides is 4. The Labute approximate surface area is 142 Å². The molecule has 8 heteroatoms. The fourth-order valence-corrected chi connectivity index (χ4v) is 3.12. The minimum atomic E-state index is -0.860. The Morgan fingerprint density at radius 1 is 1.25 bits per heavy atom. The van der Waals surface area contributed by atoms with Gasteiger partial charge in [0.2, 0.25) is 5.91 Å². The summed E-state index contributed by atoms with van der Waals surface area (Å²) in [5.74, 6) is -0.190. The van der Waals surface area contributed by atoms with Crippen LogP contribution in [0.3, 0.4) is 0 Å². The van der Waals surface area contributed by atoms with Crippen molar-refractivity contribution >= 4 is 17.8 Å². The number of nitrogens with one attached hydrogen (secondary N) is 1. The molecular weight excluding hydrogens is 312 g/mol. The third kappa shape index (κ3) is 4.45. The smallest absolute Gasteiger partial charge is 0.325 e. The number of carbonyl (C=O) groups is 3. The Balaban J connectivity index is 1.71. The lowest BCUT2D eigenvalue weighted by Gasteiger charge is -2.35. The van der Waals surface area contributed by atoms with E-state index in [1.54, 1.807) is 20.8 Å². The van der Waals surface area contributed by atoms with Gasteiger partial charge in [-0.25, -0.2) is 4.79 Å². The zero-order chi connectivity index (χ0) is 17.9. The van der Waals surface area contributed by atoms with Gasteiger partial charge in [-0.3, -0.25) is 19.4 Å². The van der Waals surface area contributed by atoms with Gasteiger partial charge in [-0.2, -0.15) is 0 Å². The molecule has 2 aliphatic heterocycles. The molecule has 0 unspecified atom stereocenters. The predicted octanol–water partition coefficient (Wildman–Crippen LogP) is -0.378. The molecule has 0 aromatic heterocycles.